The van der Waals surface area contributed by atoms with Crippen LogP contribution in [0.15, 0.2) is 0 Å². The highest BCUT2D eigenvalue weighted by atomic mass is 16.6. The molecule has 1 aliphatic heterocycles. The van der Waals surface area contributed by atoms with Crippen molar-refractivity contribution in [1.29, 1.82) is 0 Å². The van der Waals surface area contributed by atoms with Gasteiger partial charge in [-0.15, -0.1) is 0 Å². The molecule has 0 saturated carbocycles. The number of hydrogen-bond acceptors (Lipinski definition) is 2. The minimum atomic E-state index is -0.242. The van der Waals surface area contributed by atoms with Gasteiger partial charge in [0.2, 0.25) is 0 Å². The lowest BCUT2D eigenvalue weighted by Crippen LogP contribution is -2.25. The van der Waals surface area contributed by atoms with Crippen LogP contribution in [0.4, 0.5) is 4.79 Å². The largest absolute Gasteiger partial charge is 0.447 e. The standard InChI is InChI=1S/C17H33NO2/c1-2-3-4-5-6-7-8-9-10-11-12-13-14-16-15-20-17(19)18-16/h16H,2-15H2,1H3,(H,18,19). The summed E-state index contributed by atoms with van der Waals surface area (Å²) in [5.74, 6) is 0. The van der Waals surface area contributed by atoms with Crippen LogP contribution in [0.2, 0.25) is 0 Å². The predicted molar refractivity (Wildman–Crippen MR) is 84.0 cm³/mol. The zero-order valence-corrected chi connectivity index (χ0v) is 13.3. The lowest BCUT2D eigenvalue weighted by atomic mass is 10.0. The maximum Gasteiger partial charge on any atom is 0.407 e. The van der Waals surface area contributed by atoms with Gasteiger partial charge in [-0.05, 0) is 6.42 Å². The van der Waals surface area contributed by atoms with Crippen LogP contribution >= 0.6 is 0 Å². The molecule has 1 rings (SSSR count). The lowest BCUT2D eigenvalue weighted by molar-refractivity contribution is 0.176. The summed E-state index contributed by atoms with van der Waals surface area (Å²) in [5, 5.41) is 2.83. The molecule has 1 atom stereocenters. The molecule has 0 bridgehead atoms. The summed E-state index contributed by atoms with van der Waals surface area (Å²) in [4.78, 5) is 10.8. The number of ether oxygens (including phenoxy) is 1. The number of hydrogen-bond donors (Lipinski definition) is 1. The van der Waals surface area contributed by atoms with E-state index in [1.807, 2.05) is 0 Å². The number of unbranched alkanes of at least 4 members (excludes halogenated alkanes) is 11. The summed E-state index contributed by atoms with van der Waals surface area (Å²) in [6, 6.07) is 0.269. The Kier molecular flexibility index (Phi) is 10.4. The SMILES string of the molecule is CCCCCCCCCCCCCCC1COC(=O)N1. The third-order valence-corrected chi connectivity index (χ3v) is 4.14. The molecular weight excluding hydrogens is 250 g/mol. The Hall–Kier alpha value is -0.730. The smallest absolute Gasteiger partial charge is 0.407 e. The Balaban J connectivity index is 1.71. The highest BCUT2D eigenvalue weighted by Gasteiger charge is 2.20. The Morgan fingerprint density at radius 3 is 1.85 bits per heavy atom. The minimum Gasteiger partial charge on any atom is -0.447 e. The molecule has 1 N–H and O–H groups in total. The normalized spacial score (nSPS) is 18.1. The van der Waals surface area contributed by atoms with Crippen LogP contribution in [0, 0.1) is 0 Å². The molecule has 0 aromatic carbocycles. The van der Waals surface area contributed by atoms with Gasteiger partial charge in [0.25, 0.3) is 0 Å². The minimum absolute atomic E-state index is 0.242. The van der Waals surface area contributed by atoms with E-state index in [9.17, 15) is 4.79 Å². The zero-order chi connectivity index (χ0) is 14.5. The van der Waals surface area contributed by atoms with Crippen LogP contribution < -0.4 is 5.32 Å². The topological polar surface area (TPSA) is 38.3 Å². The maximum absolute atomic E-state index is 10.8. The van der Waals surface area contributed by atoms with Gasteiger partial charge in [-0.1, -0.05) is 84.0 Å². The van der Waals surface area contributed by atoms with E-state index in [-0.39, 0.29) is 12.1 Å². The van der Waals surface area contributed by atoms with Gasteiger partial charge in [0.15, 0.2) is 0 Å². The van der Waals surface area contributed by atoms with E-state index < -0.39 is 0 Å². The van der Waals surface area contributed by atoms with Crippen molar-refractivity contribution in [2.24, 2.45) is 0 Å². The quantitative estimate of drug-likeness (QED) is 0.473. The van der Waals surface area contributed by atoms with E-state index >= 15 is 0 Å². The average Bonchev–Trinajstić information content (AvgIpc) is 2.86. The van der Waals surface area contributed by atoms with Gasteiger partial charge >= 0.3 is 6.09 Å². The van der Waals surface area contributed by atoms with Crippen molar-refractivity contribution in [1.82, 2.24) is 5.32 Å². The summed E-state index contributed by atoms with van der Waals surface area (Å²) in [6.07, 6.45) is 17.3. The Bertz CT molecular complexity index is 243. The Morgan fingerprint density at radius 1 is 0.900 bits per heavy atom. The van der Waals surface area contributed by atoms with E-state index in [0.717, 1.165) is 6.42 Å². The van der Waals surface area contributed by atoms with Crippen LogP contribution in [0.25, 0.3) is 0 Å². The van der Waals surface area contributed by atoms with E-state index in [0.29, 0.717) is 6.61 Å². The fourth-order valence-electron chi connectivity index (χ4n) is 2.81. The number of nitrogens with one attached hydrogen (secondary N) is 1. The second-order valence-electron chi connectivity index (χ2n) is 6.12. The van der Waals surface area contributed by atoms with Gasteiger partial charge in [0.1, 0.15) is 6.61 Å². The van der Waals surface area contributed by atoms with Gasteiger partial charge in [-0.2, -0.15) is 0 Å². The van der Waals surface area contributed by atoms with Crippen LogP contribution in [0.3, 0.4) is 0 Å². The van der Waals surface area contributed by atoms with Crippen LogP contribution in [-0.4, -0.2) is 18.7 Å². The number of rotatable bonds is 13. The number of cyclic esters (lactones) is 1. The summed E-state index contributed by atoms with van der Waals surface area (Å²) in [5.41, 5.74) is 0. The van der Waals surface area contributed by atoms with E-state index in [1.165, 1.54) is 77.0 Å². The number of alkyl carbamates (subject to hydrolysis) is 1. The summed E-state index contributed by atoms with van der Waals surface area (Å²) >= 11 is 0. The summed E-state index contributed by atoms with van der Waals surface area (Å²) < 4.78 is 4.87. The second-order valence-corrected chi connectivity index (χ2v) is 6.12. The van der Waals surface area contributed by atoms with Gasteiger partial charge in [0, 0.05) is 0 Å². The van der Waals surface area contributed by atoms with Crippen molar-refractivity contribution in [3.8, 4) is 0 Å². The third kappa shape index (κ3) is 9.22. The molecule has 0 aromatic heterocycles. The molecule has 0 spiro atoms. The van der Waals surface area contributed by atoms with Gasteiger partial charge in [-0.3, -0.25) is 0 Å². The molecule has 1 aliphatic rings. The predicted octanol–water partition coefficient (Wildman–Crippen LogP) is 5.19. The molecule has 1 fully saturated rings. The summed E-state index contributed by atoms with van der Waals surface area (Å²) in [7, 11) is 0. The first kappa shape index (κ1) is 17.3. The zero-order valence-electron chi connectivity index (χ0n) is 13.3. The average molecular weight is 283 g/mol. The Morgan fingerprint density at radius 2 is 1.40 bits per heavy atom. The van der Waals surface area contributed by atoms with Gasteiger partial charge in [-0.25, -0.2) is 4.79 Å². The summed E-state index contributed by atoms with van der Waals surface area (Å²) in [6.45, 7) is 2.84. The van der Waals surface area contributed by atoms with Crippen LogP contribution in [0.1, 0.15) is 90.4 Å². The molecule has 0 radical (unpaired) electrons. The van der Waals surface area contributed by atoms with Crippen molar-refractivity contribution in [2.45, 2.75) is 96.4 Å². The second kappa shape index (κ2) is 12.0. The van der Waals surface area contributed by atoms with Gasteiger partial charge < -0.3 is 10.1 Å². The van der Waals surface area contributed by atoms with Crippen molar-refractivity contribution in [2.75, 3.05) is 6.61 Å². The van der Waals surface area contributed by atoms with Crippen molar-refractivity contribution < 1.29 is 9.53 Å². The highest BCUT2D eigenvalue weighted by Crippen LogP contribution is 2.13. The van der Waals surface area contributed by atoms with Gasteiger partial charge in [0.05, 0.1) is 6.04 Å². The number of carbonyl (C=O) groups excluding carboxylic acids is 1. The Labute approximate surface area is 124 Å². The first-order valence-corrected chi connectivity index (χ1v) is 8.76. The molecule has 0 aromatic rings. The fraction of sp³-hybridized carbons (Fsp3) is 0.941. The fourth-order valence-corrected chi connectivity index (χ4v) is 2.81. The number of carbonyl (C=O) groups is 1. The first-order chi connectivity index (χ1) is 9.83. The molecule has 1 saturated heterocycles. The maximum atomic E-state index is 10.8. The molecule has 20 heavy (non-hydrogen) atoms. The van der Waals surface area contributed by atoms with E-state index in [1.54, 1.807) is 0 Å². The molecule has 3 heteroatoms. The van der Waals surface area contributed by atoms with Crippen molar-refractivity contribution in [3.05, 3.63) is 0 Å². The first-order valence-electron chi connectivity index (χ1n) is 8.76. The highest BCUT2D eigenvalue weighted by molar-refractivity contribution is 5.69. The van der Waals surface area contributed by atoms with E-state index in [2.05, 4.69) is 12.2 Å². The molecule has 1 heterocycles. The number of amides is 1. The van der Waals surface area contributed by atoms with Crippen molar-refractivity contribution >= 4 is 6.09 Å². The third-order valence-electron chi connectivity index (χ3n) is 4.14. The monoisotopic (exact) mass is 283 g/mol. The van der Waals surface area contributed by atoms with Crippen LogP contribution in [0.5, 0.6) is 0 Å². The molecule has 118 valence electrons. The van der Waals surface area contributed by atoms with E-state index in [4.69, 9.17) is 4.74 Å². The molecular formula is C17H33NO2. The van der Waals surface area contributed by atoms with Crippen LogP contribution in [-0.2, 0) is 4.74 Å². The lowest BCUT2D eigenvalue weighted by Gasteiger charge is -2.06. The van der Waals surface area contributed by atoms with Crippen molar-refractivity contribution in [3.63, 3.8) is 0 Å². The molecule has 3 nitrogen and oxygen atoms in total. The molecule has 1 unspecified atom stereocenters. The molecule has 1 amide bonds. The molecule has 0 aliphatic carbocycles.